The van der Waals surface area contributed by atoms with Gasteiger partial charge in [0.2, 0.25) is 0 Å². The van der Waals surface area contributed by atoms with Crippen LogP contribution in [-0.2, 0) is 0 Å². The van der Waals surface area contributed by atoms with Crippen LogP contribution in [0.25, 0.3) is 0 Å². The van der Waals surface area contributed by atoms with Crippen LogP contribution in [-0.4, -0.2) is 11.3 Å². The van der Waals surface area contributed by atoms with E-state index in [0.29, 0.717) is 9.90 Å². The third kappa shape index (κ3) is 1.86. The number of rotatable bonds is 2. The Labute approximate surface area is 80.3 Å². The molecule has 1 aromatic rings. The molecule has 0 radical (unpaired) electrons. The zero-order valence-corrected chi connectivity index (χ0v) is 8.50. The molecule has 0 saturated heterocycles. The third-order valence-electron chi connectivity index (χ3n) is 1.45. The lowest BCUT2D eigenvalue weighted by molar-refractivity contribution is 0.0914. The molecule has 1 rings (SSSR count). The lowest BCUT2D eigenvalue weighted by Gasteiger charge is -2.15. The number of thiophene rings is 1. The van der Waals surface area contributed by atoms with Gasteiger partial charge in [0, 0.05) is 5.56 Å². The highest BCUT2D eigenvalue weighted by Gasteiger charge is 2.25. The molecule has 0 saturated carbocycles. The van der Waals surface area contributed by atoms with Gasteiger partial charge in [0.25, 0.3) is 0 Å². The normalized spacial score (nSPS) is 11.7. The van der Waals surface area contributed by atoms with Gasteiger partial charge in [-0.1, -0.05) is 11.6 Å². The minimum Gasteiger partial charge on any atom is -0.319 e. The molecule has 2 N–H and O–H groups in total. The standard InChI is InChI=1S/C8H10ClNOS/c1-8(2,10)6(11)5-3-4-12-7(5)9/h3-4H,10H2,1-2H3. The second-order valence-corrected chi connectivity index (χ2v) is 4.68. The van der Waals surface area contributed by atoms with Crippen molar-refractivity contribution < 1.29 is 4.79 Å². The van der Waals surface area contributed by atoms with Gasteiger partial charge < -0.3 is 5.73 Å². The second-order valence-electron chi connectivity index (χ2n) is 3.16. The first-order valence-electron chi connectivity index (χ1n) is 3.49. The van der Waals surface area contributed by atoms with Gasteiger partial charge in [-0.05, 0) is 25.3 Å². The molecule has 0 aliphatic heterocycles. The van der Waals surface area contributed by atoms with Crippen molar-refractivity contribution >= 4 is 28.7 Å². The van der Waals surface area contributed by atoms with Crippen molar-refractivity contribution in [2.75, 3.05) is 0 Å². The summed E-state index contributed by atoms with van der Waals surface area (Å²) in [5.41, 5.74) is 5.32. The highest BCUT2D eigenvalue weighted by Crippen LogP contribution is 2.25. The lowest BCUT2D eigenvalue weighted by atomic mass is 9.96. The fraction of sp³-hybridized carbons (Fsp3) is 0.375. The van der Waals surface area contributed by atoms with Crippen LogP contribution in [0.15, 0.2) is 11.4 Å². The van der Waals surface area contributed by atoms with Crippen LogP contribution in [0.2, 0.25) is 4.34 Å². The van der Waals surface area contributed by atoms with Crippen LogP contribution in [0.5, 0.6) is 0 Å². The molecular weight excluding hydrogens is 194 g/mol. The second kappa shape index (κ2) is 3.17. The average molecular weight is 204 g/mol. The highest BCUT2D eigenvalue weighted by atomic mass is 35.5. The zero-order chi connectivity index (χ0) is 9.35. The van der Waals surface area contributed by atoms with E-state index >= 15 is 0 Å². The first kappa shape index (κ1) is 9.71. The Balaban J connectivity index is 3.01. The monoisotopic (exact) mass is 203 g/mol. The molecule has 0 fully saturated rings. The zero-order valence-electron chi connectivity index (χ0n) is 6.93. The minimum atomic E-state index is -0.843. The van der Waals surface area contributed by atoms with Crippen molar-refractivity contribution in [3.05, 3.63) is 21.3 Å². The summed E-state index contributed by atoms with van der Waals surface area (Å²) in [5.74, 6) is -0.117. The number of hydrogen-bond donors (Lipinski definition) is 1. The van der Waals surface area contributed by atoms with Gasteiger partial charge in [0.15, 0.2) is 5.78 Å². The summed E-state index contributed by atoms with van der Waals surface area (Å²) < 4.78 is 0.513. The van der Waals surface area contributed by atoms with E-state index in [1.165, 1.54) is 11.3 Å². The molecule has 66 valence electrons. The Morgan fingerprint density at radius 3 is 2.58 bits per heavy atom. The van der Waals surface area contributed by atoms with Crippen LogP contribution < -0.4 is 5.73 Å². The molecule has 0 aromatic carbocycles. The van der Waals surface area contributed by atoms with Crippen molar-refractivity contribution in [1.82, 2.24) is 0 Å². The van der Waals surface area contributed by atoms with Crippen molar-refractivity contribution in [3.63, 3.8) is 0 Å². The fourth-order valence-electron chi connectivity index (χ4n) is 0.803. The first-order chi connectivity index (χ1) is 5.43. The molecule has 4 heteroatoms. The Hall–Kier alpha value is -0.380. The summed E-state index contributed by atoms with van der Waals surface area (Å²) in [6.45, 7) is 3.34. The minimum absolute atomic E-state index is 0.117. The summed E-state index contributed by atoms with van der Waals surface area (Å²) in [6, 6.07) is 1.70. The van der Waals surface area contributed by atoms with E-state index in [1.54, 1.807) is 25.3 Å². The van der Waals surface area contributed by atoms with Crippen molar-refractivity contribution in [2.45, 2.75) is 19.4 Å². The molecule has 12 heavy (non-hydrogen) atoms. The maximum atomic E-state index is 11.5. The van der Waals surface area contributed by atoms with E-state index in [0.717, 1.165) is 0 Å². The Morgan fingerprint density at radius 1 is 1.67 bits per heavy atom. The van der Waals surface area contributed by atoms with Gasteiger partial charge >= 0.3 is 0 Å². The third-order valence-corrected chi connectivity index (χ3v) is 2.62. The highest BCUT2D eigenvalue weighted by molar-refractivity contribution is 7.14. The molecule has 0 aliphatic rings. The molecule has 1 heterocycles. The van der Waals surface area contributed by atoms with E-state index in [2.05, 4.69) is 0 Å². The fourth-order valence-corrected chi connectivity index (χ4v) is 1.72. The van der Waals surface area contributed by atoms with E-state index < -0.39 is 5.54 Å². The first-order valence-corrected chi connectivity index (χ1v) is 4.75. The summed E-state index contributed by atoms with van der Waals surface area (Å²) in [5, 5.41) is 1.78. The van der Waals surface area contributed by atoms with Crippen LogP contribution in [0.4, 0.5) is 0 Å². The van der Waals surface area contributed by atoms with Crippen molar-refractivity contribution in [2.24, 2.45) is 5.73 Å². The molecule has 0 aliphatic carbocycles. The van der Waals surface area contributed by atoms with Crippen LogP contribution in [0.3, 0.4) is 0 Å². The molecule has 0 unspecified atom stereocenters. The number of halogens is 1. The maximum Gasteiger partial charge on any atom is 0.184 e. The number of Topliss-reactive ketones (excluding diaryl/α,β-unsaturated/α-hetero) is 1. The molecule has 1 aromatic heterocycles. The number of hydrogen-bond acceptors (Lipinski definition) is 3. The average Bonchev–Trinajstić information content (AvgIpc) is 2.31. The lowest BCUT2D eigenvalue weighted by Crippen LogP contribution is -2.41. The summed E-state index contributed by atoms with van der Waals surface area (Å²) in [4.78, 5) is 11.5. The van der Waals surface area contributed by atoms with Gasteiger partial charge in [-0.15, -0.1) is 11.3 Å². The van der Waals surface area contributed by atoms with Crippen molar-refractivity contribution in [1.29, 1.82) is 0 Å². The molecule has 0 spiro atoms. The van der Waals surface area contributed by atoms with Gasteiger partial charge in [-0.3, -0.25) is 4.79 Å². The van der Waals surface area contributed by atoms with Gasteiger partial charge in [0.05, 0.1) is 5.54 Å². The molecule has 0 bridgehead atoms. The Morgan fingerprint density at radius 2 is 2.25 bits per heavy atom. The largest absolute Gasteiger partial charge is 0.319 e. The van der Waals surface area contributed by atoms with E-state index in [-0.39, 0.29) is 5.78 Å². The van der Waals surface area contributed by atoms with E-state index in [4.69, 9.17) is 17.3 Å². The van der Waals surface area contributed by atoms with Crippen molar-refractivity contribution in [3.8, 4) is 0 Å². The SMILES string of the molecule is CC(C)(N)C(=O)c1ccsc1Cl. The maximum absolute atomic E-state index is 11.5. The summed E-state index contributed by atoms with van der Waals surface area (Å²) in [6.07, 6.45) is 0. The Bertz CT molecular complexity index is 300. The summed E-state index contributed by atoms with van der Waals surface area (Å²) >= 11 is 7.12. The molecule has 0 atom stereocenters. The molecule has 2 nitrogen and oxygen atoms in total. The predicted octanol–water partition coefficient (Wildman–Crippen LogP) is 2.32. The summed E-state index contributed by atoms with van der Waals surface area (Å²) in [7, 11) is 0. The predicted molar refractivity (Wildman–Crippen MR) is 51.9 cm³/mol. The number of nitrogens with two attached hydrogens (primary N) is 1. The number of carbonyl (C=O) groups is 1. The van der Waals surface area contributed by atoms with Gasteiger partial charge in [-0.25, -0.2) is 0 Å². The quantitative estimate of drug-likeness (QED) is 0.750. The van der Waals surface area contributed by atoms with Crippen LogP contribution in [0.1, 0.15) is 24.2 Å². The smallest absolute Gasteiger partial charge is 0.184 e. The van der Waals surface area contributed by atoms with E-state index in [9.17, 15) is 4.79 Å². The molecular formula is C8H10ClNOS. The Kier molecular flexibility index (Phi) is 2.56. The molecule has 0 amide bonds. The van der Waals surface area contributed by atoms with E-state index in [1.807, 2.05) is 0 Å². The number of ketones is 1. The van der Waals surface area contributed by atoms with Crippen LogP contribution in [0, 0.1) is 0 Å². The van der Waals surface area contributed by atoms with Crippen LogP contribution >= 0.6 is 22.9 Å². The topological polar surface area (TPSA) is 43.1 Å². The number of carbonyl (C=O) groups excluding carboxylic acids is 1. The van der Waals surface area contributed by atoms with Gasteiger partial charge in [0.1, 0.15) is 4.34 Å². The van der Waals surface area contributed by atoms with Gasteiger partial charge in [-0.2, -0.15) is 0 Å².